The highest BCUT2D eigenvalue weighted by atomic mass is 35.5. The molecule has 8 heteroatoms. The Kier molecular flexibility index (Phi) is 4.80. The molecule has 0 radical (unpaired) electrons. The zero-order valence-electron chi connectivity index (χ0n) is 10.5. The lowest BCUT2D eigenvalue weighted by Crippen LogP contribution is -2.45. The monoisotopic (exact) mass is 342 g/mol. The largest absolute Gasteiger partial charge is 0.330 e. The molecule has 0 amide bonds. The van der Waals surface area contributed by atoms with Crippen molar-refractivity contribution in [1.82, 2.24) is 4.31 Å². The molecule has 2 N–H and O–H groups in total. The molecule has 0 bridgehead atoms. The Bertz CT molecular complexity index is 559. The first-order valence-electron chi connectivity index (χ1n) is 6.01. The first-order chi connectivity index (χ1) is 8.86. The molecule has 1 aliphatic heterocycles. The number of halogens is 2. The lowest BCUT2D eigenvalue weighted by atomic mass is 9.88. The Hall–Kier alpha value is 0.150. The second-order valence-corrected chi connectivity index (χ2v) is 9.01. The van der Waals surface area contributed by atoms with Crippen molar-refractivity contribution in [3.05, 3.63) is 14.7 Å². The number of sulfonamides is 1. The molecular weight excluding hydrogens is 327 g/mol. The zero-order chi connectivity index (χ0) is 14.2. The van der Waals surface area contributed by atoms with E-state index < -0.39 is 10.0 Å². The van der Waals surface area contributed by atoms with Gasteiger partial charge in [-0.3, -0.25) is 0 Å². The molecule has 2 unspecified atom stereocenters. The third-order valence-electron chi connectivity index (χ3n) is 3.62. The van der Waals surface area contributed by atoms with Crippen molar-refractivity contribution < 1.29 is 8.42 Å². The number of piperidine rings is 1. The van der Waals surface area contributed by atoms with Gasteiger partial charge in [0.2, 0.25) is 10.0 Å². The van der Waals surface area contributed by atoms with E-state index in [9.17, 15) is 8.42 Å². The quantitative estimate of drug-likeness (QED) is 0.918. The number of nitrogens with zero attached hydrogens (tertiary/aromatic N) is 1. The number of rotatable bonds is 3. The molecule has 2 heterocycles. The van der Waals surface area contributed by atoms with Gasteiger partial charge in [-0.2, -0.15) is 4.31 Å². The fourth-order valence-electron chi connectivity index (χ4n) is 2.28. The summed E-state index contributed by atoms with van der Waals surface area (Å²) in [5.74, 6) is 0.634. The lowest BCUT2D eigenvalue weighted by molar-refractivity contribution is 0.203. The molecular formula is C11H16Cl2N2O2S2. The van der Waals surface area contributed by atoms with Crippen molar-refractivity contribution in [3.63, 3.8) is 0 Å². The normalized spacial score (nSPS) is 25.7. The van der Waals surface area contributed by atoms with Crippen LogP contribution in [-0.2, 0) is 10.0 Å². The predicted octanol–water partition coefficient (Wildman–Crippen LogP) is 2.66. The van der Waals surface area contributed by atoms with Crippen LogP contribution >= 0.6 is 34.5 Å². The van der Waals surface area contributed by atoms with Crippen LogP contribution in [0.5, 0.6) is 0 Å². The molecule has 1 aliphatic rings. The topological polar surface area (TPSA) is 63.4 Å². The molecule has 0 spiro atoms. The van der Waals surface area contributed by atoms with Gasteiger partial charge in [0.15, 0.2) is 0 Å². The Labute approximate surface area is 127 Å². The minimum Gasteiger partial charge on any atom is -0.330 e. The van der Waals surface area contributed by atoms with E-state index >= 15 is 0 Å². The second-order valence-electron chi connectivity index (χ2n) is 4.81. The van der Waals surface area contributed by atoms with Crippen molar-refractivity contribution >= 4 is 44.6 Å². The van der Waals surface area contributed by atoms with Gasteiger partial charge in [-0.15, -0.1) is 11.3 Å². The van der Waals surface area contributed by atoms with Gasteiger partial charge in [0.25, 0.3) is 0 Å². The van der Waals surface area contributed by atoms with Crippen LogP contribution in [0.4, 0.5) is 0 Å². The molecule has 2 atom stereocenters. The van der Waals surface area contributed by atoms with Gasteiger partial charge in [0.05, 0.1) is 4.34 Å². The smallest absolute Gasteiger partial charge is 0.245 e. The summed E-state index contributed by atoms with van der Waals surface area (Å²) in [6.45, 7) is 3.55. The van der Waals surface area contributed by atoms with Gasteiger partial charge in [-0.25, -0.2) is 8.42 Å². The summed E-state index contributed by atoms with van der Waals surface area (Å²) in [6.07, 6.45) is 0.816. The number of thiophene rings is 1. The Morgan fingerprint density at radius 1 is 1.53 bits per heavy atom. The standard InChI is InChI=1S/C11H16Cl2N2O2S2/c1-7-2-3-15(6-8(7)5-14)19(16,17)9-4-10(12)18-11(9)13/h4,7-8H,2-3,5-6,14H2,1H3. The average Bonchev–Trinajstić information content (AvgIpc) is 2.69. The molecule has 1 fully saturated rings. The molecule has 108 valence electrons. The fraction of sp³-hybridized carbons (Fsp3) is 0.636. The van der Waals surface area contributed by atoms with Crippen molar-refractivity contribution in [1.29, 1.82) is 0 Å². The minimum absolute atomic E-state index is 0.106. The van der Waals surface area contributed by atoms with E-state index in [4.69, 9.17) is 28.9 Å². The Morgan fingerprint density at radius 2 is 2.21 bits per heavy atom. The van der Waals surface area contributed by atoms with Crippen LogP contribution < -0.4 is 5.73 Å². The molecule has 19 heavy (non-hydrogen) atoms. The fourth-order valence-corrected chi connectivity index (χ4v) is 5.91. The van der Waals surface area contributed by atoms with Gasteiger partial charge >= 0.3 is 0 Å². The maximum absolute atomic E-state index is 12.5. The maximum Gasteiger partial charge on any atom is 0.245 e. The molecule has 2 rings (SSSR count). The summed E-state index contributed by atoms with van der Waals surface area (Å²) in [5.41, 5.74) is 5.71. The van der Waals surface area contributed by atoms with E-state index in [1.165, 1.54) is 10.4 Å². The van der Waals surface area contributed by atoms with Crippen molar-refractivity contribution in [2.24, 2.45) is 17.6 Å². The van der Waals surface area contributed by atoms with Crippen LogP contribution in [0.1, 0.15) is 13.3 Å². The highest BCUT2D eigenvalue weighted by Gasteiger charge is 2.34. The first kappa shape index (κ1) is 15.5. The lowest BCUT2D eigenvalue weighted by Gasteiger charge is -2.35. The summed E-state index contributed by atoms with van der Waals surface area (Å²) in [5, 5.41) is 0. The Balaban J connectivity index is 2.28. The summed E-state index contributed by atoms with van der Waals surface area (Å²) in [6, 6.07) is 1.42. The minimum atomic E-state index is -3.57. The summed E-state index contributed by atoms with van der Waals surface area (Å²) in [7, 11) is -3.57. The van der Waals surface area contributed by atoms with Gasteiger partial charge in [-0.05, 0) is 30.9 Å². The number of hydrogen-bond donors (Lipinski definition) is 1. The van der Waals surface area contributed by atoms with E-state index in [-0.39, 0.29) is 15.1 Å². The molecule has 0 saturated carbocycles. The van der Waals surface area contributed by atoms with Gasteiger partial charge < -0.3 is 5.73 Å². The number of hydrogen-bond acceptors (Lipinski definition) is 4. The van der Waals surface area contributed by atoms with Crippen molar-refractivity contribution in [3.8, 4) is 0 Å². The van der Waals surface area contributed by atoms with Crippen LogP contribution in [0.3, 0.4) is 0 Å². The van der Waals surface area contributed by atoms with E-state index in [0.29, 0.717) is 29.9 Å². The molecule has 1 saturated heterocycles. The predicted molar refractivity (Wildman–Crippen MR) is 79.4 cm³/mol. The maximum atomic E-state index is 12.5. The summed E-state index contributed by atoms with van der Waals surface area (Å²) < 4.78 is 27.1. The van der Waals surface area contributed by atoms with Gasteiger partial charge in [-0.1, -0.05) is 30.1 Å². The summed E-state index contributed by atoms with van der Waals surface area (Å²) in [4.78, 5) is 0.106. The SMILES string of the molecule is CC1CCN(S(=O)(=O)c2cc(Cl)sc2Cl)CC1CN. The zero-order valence-corrected chi connectivity index (χ0v) is 13.6. The molecule has 0 aromatic carbocycles. The van der Waals surface area contributed by atoms with E-state index in [2.05, 4.69) is 6.92 Å². The third-order valence-corrected chi connectivity index (χ3v) is 7.24. The summed E-state index contributed by atoms with van der Waals surface area (Å²) >= 11 is 12.8. The van der Waals surface area contributed by atoms with Gasteiger partial charge in [0.1, 0.15) is 9.23 Å². The van der Waals surface area contributed by atoms with Crippen LogP contribution in [0.2, 0.25) is 8.67 Å². The average molecular weight is 343 g/mol. The van der Waals surface area contributed by atoms with E-state index in [1.807, 2.05) is 0 Å². The number of nitrogens with two attached hydrogens (primary N) is 1. The van der Waals surface area contributed by atoms with Crippen LogP contribution in [0.25, 0.3) is 0 Å². The third kappa shape index (κ3) is 3.09. The van der Waals surface area contributed by atoms with Crippen LogP contribution in [0, 0.1) is 11.8 Å². The second kappa shape index (κ2) is 5.87. The van der Waals surface area contributed by atoms with E-state index in [0.717, 1.165) is 17.8 Å². The van der Waals surface area contributed by atoms with Crippen molar-refractivity contribution in [2.75, 3.05) is 19.6 Å². The molecule has 0 aliphatic carbocycles. The Morgan fingerprint density at radius 3 is 2.74 bits per heavy atom. The van der Waals surface area contributed by atoms with Gasteiger partial charge in [0, 0.05) is 13.1 Å². The highest BCUT2D eigenvalue weighted by molar-refractivity contribution is 7.89. The van der Waals surface area contributed by atoms with E-state index in [1.54, 1.807) is 0 Å². The van der Waals surface area contributed by atoms with Crippen LogP contribution in [0.15, 0.2) is 11.0 Å². The molecule has 1 aromatic rings. The van der Waals surface area contributed by atoms with Crippen molar-refractivity contribution in [2.45, 2.75) is 18.2 Å². The van der Waals surface area contributed by atoms with Crippen LogP contribution in [-0.4, -0.2) is 32.4 Å². The molecule has 1 aromatic heterocycles. The highest BCUT2D eigenvalue weighted by Crippen LogP contribution is 2.37. The first-order valence-corrected chi connectivity index (χ1v) is 9.02. The molecule has 4 nitrogen and oxygen atoms in total.